The van der Waals surface area contributed by atoms with Crippen LogP contribution in [0.5, 0.6) is 5.88 Å². The van der Waals surface area contributed by atoms with Crippen molar-refractivity contribution in [3.63, 3.8) is 0 Å². The maximum Gasteiger partial charge on any atom is 0.235 e. The molecule has 2 aromatic rings. The topological polar surface area (TPSA) is 51.2 Å². The molecule has 0 atom stereocenters. The van der Waals surface area contributed by atoms with E-state index in [0.29, 0.717) is 21.6 Å². The Kier molecular flexibility index (Phi) is 5.21. The molecule has 4 nitrogen and oxygen atoms in total. The van der Waals surface area contributed by atoms with Crippen LogP contribution in [0.2, 0.25) is 10.0 Å². The van der Waals surface area contributed by atoms with E-state index >= 15 is 0 Å². The number of aromatic nitrogens is 1. The van der Waals surface area contributed by atoms with Gasteiger partial charge in [0.25, 0.3) is 0 Å². The summed E-state index contributed by atoms with van der Waals surface area (Å²) >= 11 is 12.4. The molecule has 0 spiro atoms. The van der Waals surface area contributed by atoms with E-state index in [1.54, 1.807) is 25.4 Å². The molecule has 1 aliphatic carbocycles. The molecule has 6 heteroatoms. The van der Waals surface area contributed by atoms with Crippen LogP contribution in [0, 0.1) is 6.92 Å². The smallest absolute Gasteiger partial charge is 0.235 e. The predicted molar refractivity (Wildman–Crippen MR) is 101 cm³/mol. The molecule has 1 N–H and O–H groups in total. The monoisotopic (exact) mass is 378 g/mol. The number of hydrogen-bond donors (Lipinski definition) is 1. The lowest BCUT2D eigenvalue weighted by Crippen LogP contribution is -2.38. The number of hydrogen-bond acceptors (Lipinski definition) is 3. The average Bonchev–Trinajstić information content (AvgIpc) is 3.06. The van der Waals surface area contributed by atoms with E-state index in [4.69, 9.17) is 27.9 Å². The van der Waals surface area contributed by atoms with Gasteiger partial charge in [-0.15, -0.1) is 0 Å². The number of carbonyl (C=O) groups excluding carboxylic acids is 1. The second kappa shape index (κ2) is 7.22. The minimum absolute atomic E-state index is 0.0550. The SMILES string of the molecule is COc1ncc(NC(=O)C2(c3ccc(Cl)cc3Cl)CCCC2)cc1C. The van der Waals surface area contributed by atoms with Gasteiger partial charge in [0.1, 0.15) is 0 Å². The van der Waals surface area contributed by atoms with Gasteiger partial charge in [-0.3, -0.25) is 4.79 Å². The third-order valence-electron chi connectivity index (χ3n) is 4.82. The molecule has 132 valence electrons. The summed E-state index contributed by atoms with van der Waals surface area (Å²) in [6.07, 6.45) is 5.12. The molecule has 0 unspecified atom stereocenters. The van der Waals surface area contributed by atoms with E-state index in [2.05, 4.69) is 10.3 Å². The Labute approximate surface area is 157 Å². The zero-order valence-corrected chi connectivity index (χ0v) is 15.7. The first-order chi connectivity index (χ1) is 12.0. The number of nitrogens with zero attached hydrogens (tertiary/aromatic N) is 1. The summed E-state index contributed by atoms with van der Waals surface area (Å²) in [6, 6.07) is 7.21. The van der Waals surface area contributed by atoms with Crippen LogP contribution >= 0.6 is 23.2 Å². The second-order valence-corrected chi connectivity index (χ2v) is 7.26. The van der Waals surface area contributed by atoms with E-state index in [-0.39, 0.29) is 5.91 Å². The van der Waals surface area contributed by atoms with Crippen molar-refractivity contribution in [2.75, 3.05) is 12.4 Å². The highest BCUT2D eigenvalue weighted by Crippen LogP contribution is 2.45. The number of ether oxygens (including phenoxy) is 1. The number of halogens is 2. The predicted octanol–water partition coefficient (Wildman–Crippen LogP) is 5.16. The molecule has 0 radical (unpaired) electrons. The molecule has 1 amide bonds. The highest BCUT2D eigenvalue weighted by atomic mass is 35.5. The summed E-state index contributed by atoms with van der Waals surface area (Å²) in [4.78, 5) is 17.4. The van der Waals surface area contributed by atoms with Crippen molar-refractivity contribution in [3.8, 4) is 5.88 Å². The van der Waals surface area contributed by atoms with Crippen molar-refractivity contribution in [1.82, 2.24) is 4.98 Å². The Hall–Kier alpha value is -1.78. The van der Waals surface area contributed by atoms with E-state index in [1.165, 1.54) is 0 Å². The van der Waals surface area contributed by atoms with Gasteiger partial charge in [-0.1, -0.05) is 42.1 Å². The van der Waals surface area contributed by atoms with Gasteiger partial charge in [0, 0.05) is 15.6 Å². The molecule has 0 aliphatic heterocycles. The largest absolute Gasteiger partial charge is 0.481 e. The second-order valence-electron chi connectivity index (χ2n) is 6.42. The van der Waals surface area contributed by atoms with Gasteiger partial charge in [0.2, 0.25) is 11.8 Å². The molecule has 1 fully saturated rings. The molecule has 1 aliphatic rings. The van der Waals surface area contributed by atoms with E-state index < -0.39 is 5.41 Å². The minimum atomic E-state index is -0.629. The Bertz CT molecular complexity index is 802. The van der Waals surface area contributed by atoms with E-state index in [0.717, 1.165) is 36.8 Å². The van der Waals surface area contributed by atoms with Crippen LogP contribution in [0.1, 0.15) is 36.8 Å². The third kappa shape index (κ3) is 3.46. The fourth-order valence-electron chi connectivity index (χ4n) is 3.57. The molecule has 1 aromatic carbocycles. The van der Waals surface area contributed by atoms with Gasteiger partial charge >= 0.3 is 0 Å². The first-order valence-corrected chi connectivity index (χ1v) is 8.99. The number of amides is 1. The van der Waals surface area contributed by atoms with Crippen molar-refractivity contribution < 1.29 is 9.53 Å². The Morgan fingerprint density at radius 2 is 1.96 bits per heavy atom. The van der Waals surface area contributed by atoms with Gasteiger partial charge < -0.3 is 10.1 Å². The summed E-state index contributed by atoms with van der Waals surface area (Å²) < 4.78 is 5.17. The average molecular weight is 379 g/mol. The van der Waals surface area contributed by atoms with E-state index in [9.17, 15) is 4.79 Å². The zero-order chi connectivity index (χ0) is 18.0. The minimum Gasteiger partial charge on any atom is -0.481 e. The van der Waals surface area contributed by atoms with Crippen LogP contribution in [0.4, 0.5) is 5.69 Å². The molecule has 1 heterocycles. The van der Waals surface area contributed by atoms with Crippen LogP contribution in [0.3, 0.4) is 0 Å². The third-order valence-corrected chi connectivity index (χ3v) is 5.37. The summed E-state index contributed by atoms with van der Waals surface area (Å²) in [7, 11) is 1.57. The quantitative estimate of drug-likeness (QED) is 0.799. The van der Waals surface area contributed by atoms with Crippen molar-refractivity contribution in [1.29, 1.82) is 0 Å². The van der Waals surface area contributed by atoms with Crippen LogP contribution in [-0.2, 0) is 10.2 Å². The number of benzene rings is 1. The Balaban J connectivity index is 1.92. The van der Waals surface area contributed by atoms with Crippen molar-refractivity contribution >= 4 is 34.8 Å². The van der Waals surface area contributed by atoms with Gasteiger partial charge in [-0.05, 0) is 43.5 Å². The summed E-state index contributed by atoms with van der Waals surface area (Å²) in [5, 5.41) is 4.11. The number of nitrogens with one attached hydrogen (secondary N) is 1. The number of aryl methyl sites for hydroxylation is 1. The van der Waals surface area contributed by atoms with Crippen molar-refractivity contribution in [2.45, 2.75) is 38.0 Å². The van der Waals surface area contributed by atoms with Crippen LogP contribution in [0.25, 0.3) is 0 Å². The number of rotatable bonds is 4. The highest BCUT2D eigenvalue weighted by Gasteiger charge is 2.44. The molecule has 0 saturated heterocycles. The first-order valence-electron chi connectivity index (χ1n) is 8.24. The maximum absolute atomic E-state index is 13.2. The van der Waals surface area contributed by atoms with Gasteiger partial charge in [0.15, 0.2) is 0 Å². The fourth-order valence-corrected chi connectivity index (χ4v) is 4.16. The van der Waals surface area contributed by atoms with Crippen molar-refractivity contribution in [2.24, 2.45) is 0 Å². The number of methoxy groups -OCH3 is 1. The Morgan fingerprint density at radius 1 is 1.24 bits per heavy atom. The lowest BCUT2D eigenvalue weighted by molar-refractivity contribution is -0.121. The normalized spacial score (nSPS) is 15.8. The number of anilines is 1. The van der Waals surface area contributed by atoms with Gasteiger partial charge in [-0.2, -0.15) is 0 Å². The molecule has 25 heavy (non-hydrogen) atoms. The number of pyridine rings is 1. The van der Waals surface area contributed by atoms with Crippen LogP contribution in [-0.4, -0.2) is 18.0 Å². The zero-order valence-electron chi connectivity index (χ0n) is 14.2. The number of carbonyl (C=O) groups is 1. The molecule has 0 bridgehead atoms. The lowest BCUT2D eigenvalue weighted by Gasteiger charge is -2.29. The fraction of sp³-hybridized carbons (Fsp3) is 0.368. The molecule has 1 saturated carbocycles. The molecule has 1 aromatic heterocycles. The van der Waals surface area contributed by atoms with Crippen LogP contribution < -0.4 is 10.1 Å². The van der Waals surface area contributed by atoms with Gasteiger partial charge in [0.05, 0.1) is 24.4 Å². The Morgan fingerprint density at radius 3 is 2.56 bits per heavy atom. The summed E-state index contributed by atoms with van der Waals surface area (Å²) in [6.45, 7) is 1.89. The molecule has 3 rings (SSSR count). The summed E-state index contributed by atoms with van der Waals surface area (Å²) in [5.41, 5.74) is 1.73. The van der Waals surface area contributed by atoms with Crippen LogP contribution in [0.15, 0.2) is 30.5 Å². The highest BCUT2D eigenvalue weighted by molar-refractivity contribution is 6.35. The lowest BCUT2D eigenvalue weighted by atomic mass is 9.78. The van der Waals surface area contributed by atoms with E-state index in [1.807, 2.05) is 19.1 Å². The van der Waals surface area contributed by atoms with Crippen molar-refractivity contribution in [3.05, 3.63) is 51.6 Å². The van der Waals surface area contributed by atoms with Gasteiger partial charge in [-0.25, -0.2) is 4.98 Å². The molecular formula is C19H20Cl2N2O2. The standard InChI is InChI=1S/C19H20Cl2N2O2/c1-12-9-14(11-22-17(12)25-2)23-18(24)19(7-3-4-8-19)15-6-5-13(20)10-16(15)21/h5-6,9-11H,3-4,7-8H2,1-2H3,(H,23,24). The summed E-state index contributed by atoms with van der Waals surface area (Å²) in [5.74, 6) is 0.495. The maximum atomic E-state index is 13.2. The molecular weight excluding hydrogens is 359 g/mol. The first kappa shape index (κ1) is 18.0.